The Bertz CT molecular complexity index is 827. The monoisotopic (exact) mass is 314 g/mol. The van der Waals surface area contributed by atoms with Crippen molar-refractivity contribution in [2.45, 2.75) is 13.5 Å². The third kappa shape index (κ3) is 3.31. The molecule has 0 aliphatic carbocycles. The Hall–Kier alpha value is -2.89. The van der Waals surface area contributed by atoms with Crippen LogP contribution in [-0.4, -0.2) is 22.0 Å². The van der Waals surface area contributed by atoms with Crippen LogP contribution in [0.3, 0.4) is 0 Å². The second-order valence-electron chi connectivity index (χ2n) is 4.87. The molecule has 0 fully saturated rings. The first kappa shape index (κ1) is 15.0. The van der Waals surface area contributed by atoms with E-state index in [1.807, 2.05) is 0 Å². The molecule has 0 bridgehead atoms. The number of ether oxygens (including phenoxy) is 2. The smallest absolute Gasteiger partial charge is 0.358 e. The Kier molecular flexibility index (Phi) is 4.23. The maximum Gasteiger partial charge on any atom is 0.358 e. The number of halogens is 1. The van der Waals surface area contributed by atoms with Gasteiger partial charge in [0.25, 0.3) is 0 Å². The molecule has 118 valence electrons. The molecular weight excluding hydrogens is 299 g/mol. The van der Waals surface area contributed by atoms with Gasteiger partial charge in [0, 0.05) is 12.4 Å². The molecule has 0 saturated carbocycles. The van der Waals surface area contributed by atoms with Crippen LogP contribution in [0.1, 0.15) is 23.0 Å². The van der Waals surface area contributed by atoms with Crippen LogP contribution in [0.2, 0.25) is 0 Å². The van der Waals surface area contributed by atoms with Gasteiger partial charge in [0.05, 0.1) is 6.61 Å². The van der Waals surface area contributed by atoms with Crippen LogP contribution in [-0.2, 0) is 11.3 Å². The number of fused-ring (bicyclic) bond motifs is 1. The van der Waals surface area contributed by atoms with E-state index in [0.717, 1.165) is 5.56 Å². The van der Waals surface area contributed by atoms with Crippen LogP contribution in [0.15, 0.2) is 48.8 Å². The minimum absolute atomic E-state index is 0.227. The van der Waals surface area contributed by atoms with E-state index in [1.165, 1.54) is 12.1 Å². The molecule has 0 saturated heterocycles. The fourth-order valence-electron chi connectivity index (χ4n) is 2.15. The summed E-state index contributed by atoms with van der Waals surface area (Å²) in [5, 5.41) is 0. The van der Waals surface area contributed by atoms with Crippen molar-refractivity contribution in [3.05, 3.63) is 65.9 Å². The zero-order valence-electron chi connectivity index (χ0n) is 12.5. The van der Waals surface area contributed by atoms with E-state index in [-0.39, 0.29) is 18.1 Å². The molecule has 1 aromatic carbocycles. The molecule has 0 N–H and O–H groups in total. The van der Waals surface area contributed by atoms with E-state index in [0.29, 0.717) is 18.0 Å². The predicted molar refractivity (Wildman–Crippen MR) is 81.9 cm³/mol. The third-order valence-corrected chi connectivity index (χ3v) is 3.24. The Morgan fingerprint density at radius 2 is 2.04 bits per heavy atom. The lowest BCUT2D eigenvalue weighted by atomic mass is 10.2. The lowest BCUT2D eigenvalue weighted by Crippen LogP contribution is -2.04. The van der Waals surface area contributed by atoms with Crippen LogP contribution < -0.4 is 4.74 Å². The summed E-state index contributed by atoms with van der Waals surface area (Å²) in [4.78, 5) is 16.0. The highest BCUT2D eigenvalue weighted by Gasteiger charge is 2.14. The van der Waals surface area contributed by atoms with E-state index in [9.17, 15) is 9.18 Å². The molecule has 3 rings (SSSR count). The number of pyridine rings is 1. The second-order valence-corrected chi connectivity index (χ2v) is 4.87. The molecule has 0 aliphatic rings. The van der Waals surface area contributed by atoms with Gasteiger partial charge in [-0.15, -0.1) is 0 Å². The van der Waals surface area contributed by atoms with Crippen molar-refractivity contribution in [2.75, 3.05) is 6.61 Å². The molecule has 0 aliphatic heterocycles. The first-order chi connectivity index (χ1) is 11.2. The van der Waals surface area contributed by atoms with Crippen molar-refractivity contribution in [1.29, 1.82) is 0 Å². The lowest BCUT2D eigenvalue weighted by molar-refractivity contribution is 0.0520. The molecule has 23 heavy (non-hydrogen) atoms. The first-order valence-corrected chi connectivity index (χ1v) is 7.19. The Labute approximate surface area is 132 Å². The summed E-state index contributed by atoms with van der Waals surface area (Å²) in [5.41, 5.74) is 1.59. The minimum atomic E-state index is -0.472. The first-order valence-electron chi connectivity index (χ1n) is 7.19. The maximum absolute atomic E-state index is 12.9. The Balaban J connectivity index is 1.82. The van der Waals surface area contributed by atoms with Crippen LogP contribution in [0.5, 0.6) is 5.75 Å². The topological polar surface area (TPSA) is 52.8 Å². The normalized spacial score (nSPS) is 10.7. The highest BCUT2D eigenvalue weighted by molar-refractivity contribution is 5.88. The molecule has 2 heterocycles. The van der Waals surface area contributed by atoms with Gasteiger partial charge in [-0.1, -0.05) is 12.1 Å². The van der Waals surface area contributed by atoms with Gasteiger partial charge in [-0.3, -0.25) is 0 Å². The van der Waals surface area contributed by atoms with Gasteiger partial charge in [-0.05, 0) is 36.8 Å². The van der Waals surface area contributed by atoms with Crippen LogP contribution in [0.4, 0.5) is 4.39 Å². The van der Waals surface area contributed by atoms with Crippen molar-refractivity contribution in [3.63, 3.8) is 0 Å². The third-order valence-electron chi connectivity index (χ3n) is 3.24. The van der Waals surface area contributed by atoms with Gasteiger partial charge in [-0.2, -0.15) is 0 Å². The molecule has 3 aromatic rings. The zero-order chi connectivity index (χ0) is 16.2. The van der Waals surface area contributed by atoms with Crippen molar-refractivity contribution in [1.82, 2.24) is 9.38 Å². The maximum atomic E-state index is 12.9. The highest BCUT2D eigenvalue weighted by Crippen LogP contribution is 2.20. The number of benzene rings is 1. The molecule has 0 atom stereocenters. The van der Waals surface area contributed by atoms with Gasteiger partial charge in [-0.25, -0.2) is 14.2 Å². The molecule has 2 aromatic heterocycles. The number of hydrogen-bond acceptors (Lipinski definition) is 4. The van der Waals surface area contributed by atoms with Gasteiger partial charge < -0.3 is 13.9 Å². The van der Waals surface area contributed by atoms with Crippen LogP contribution in [0, 0.1) is 5.82 Å². The molecule has 0 amide bonds. The van der Waals surface area contributed by atoms with E-state index in [2.05, 4.69) is 4.98 Å². The van der Waals surface area contributed by atoms with Crippen LogP contribution >= 0.6 is 0 Å². The van der Waals surface area contributed by atoms with Gasteiger partial charge in [0.15, 0.2) is 17.1 Å². The SMILES string of the molecule is CCOC(=O)c1cn2cccc(OCc3ccc(F)cc3)c2n1. The van der Waals surface area contributed by atoms with E-state index < -0.39 is 5.97 Å². The number of rotatable bonds is 5. The summed E-state index contributed by atoms with van der Waals surface area (Å²) in [6.45, 7) is 2.31. The standard InChI is InChI=1S/C17H15FN2O3/c1-2-22-17(21)14-10-20-9-3-4-15(16(20)19-14)23-11-12-5-7-13(18)8-6-12/h3-10H,2,11H2,1H3. The summed E-state index contributed by atoms with van der Waals surface area (Å²) >= 11 is 0. The summed E-state index contributed by atoms with van der Waals surface area (Å²) in [6.07, 6.45) is 3.37. The number of hydrogen-bond donors (Lipinski definition) is 0. The van der Waals surface area contributed by atoms with Gasteiger partial charge >= 0.3 is 5.97 Å². The lowest BCUT2D eigenvalue weighted by Gasteiger charge is -2.07. The Morgan fingerprint density at radius 3 is 2.78 bits per heavy atom. The van der Waals surface area contributed by atoms with E-state index in [4.69, 9.17) is 9.47 Å². The summed E-state index contributed by atoms with van der Waals surface area (Å²) < 4.78 is 25.3. The van der Waals surface area contributed by atoms with Crippen molar-refractivity contribution in [2.24, 2.45) is 0 Å². The van der Waals surface area contributed by atoms with E-state index >= 15 is 0 Å². The molecular formula is C17H15FN2O3. The van der Waals surface area contributed by atoms with Crippen LogP contribution in [0.25, 0.3) is 5.65 Å². The molecule has 0 unspecified atom stereocenters. The summed E-state index contributed by atoms with van der Waals surface area (Å²) in [5.74, 6) is -0.226. The number of carbonyl (C=O) groups is 1. The van der Waals surface area contributed by atoms with Gasteiger partial charge in [0.2, 0.25) is 0 Å². The quantitative estimate of drug-likeness (QED) is 0.679. The molecule has 5 nitrogen and oxygen atoms in total. The molecule has 6 heteroatoms. The van der Waals surface area contributed by atoms with E-state index in [1.54, 1.807) is 48.0 Å². The van der Waals surface area contributed by atoms with Crippen molar-refractivity contribution < 1.29 is 18.7 Å². The number of nitrogens with zero attached hydrogens (tertiary/aromatic N) is 2. The Morgan fingerprint density at radius 1 is 1.26 bits per heavy atom. The average molecular weight is 314 g/mol. The average Bonchev–Trinajstić information content (AvgIpc) is 2.99. The number of aromatic nitrogens is 2. The fourth-order valence-corrected chi connectivity index (χ4v) is 2.15. The second kappa shape index (κ2) is 6.48. The fraction of sp³-hybridized carbons (Fsp3) is 0.176. The summed E-state index contributed by atoms with van der Waals surface area (Å²) in [6, 6.07) is 9.64. The number of imidazole rings is 1. The summed E-state index contributed by atoms with van der Waals surface area (Å²) in [7, 11) is 0. The number of esters is 1. The predicted octanol–water partition coefficient (Wildman–Crippen LogP) is 3.23. The largest absolute Gasteiger partial charge is 0.485 e. The number of carbonyl (C=O) groups excluding carboxylic acids is 1. The zero-order valence-corrected chi connectivity index (χ0v) is 12.5. The molecule has 0 radical (unpaired) electrons. The molecule has 0 spiro atoms. The van der Waals surface area contributed by atoms with Crippen molar-refractivity contribution in [3.8, 4) is 5.75 Å². The minimum Gasteiger partial charge on any atom is -0.485 e. The van der Waals surface area contributed by atoms with Gasteiger partial charge in [0.1, 0.15) is 12.4 Å². The van der Waals surface area contributed by atoms with Crippen molar-refractivity contribution >= 4 is 11.6 Å². The highest BCUT2D eigenvalue weighted by atomic mass is 19.1.